The summed E-state index contributed by atoms with van der Waals surface area (Å²) in [7, 11) is 1.29. The van der Waals surface area contributed by atoms with Crippen LogP contribution in [0.1, 0.15) is 34.8 Å². The summed E-state index contributed by atoms with van der Waals surface area (Å²) in [4.78, 5) is 40.7. The molecule has 8 nitrogen and oxygen atoms in total. The van der Waals surface area contributed by atoms with Crippen LogP contribution in [-0.4, -0.2) is 30.6 Å². The number of ether oxygens (including phenoxy) is 2. The number of esters is 1. The van der Waals surface area contributed by atoms with E-state index in [9.17, 15) is 14.4 Å². The van der Waals surface area contributed by atoms with Crippen LogP contribution in [0.3, 0.4) is 0 Å². The number of carbonyl (C=O) groups excluding carboxylic acids is 2. The lowest BCUT2D eigenvalue weighted by atomic mass is 10.1. The summed E-state index contributed by atoms with van der Waals surface area (Å²) < 4.78 is 15.5. The average Bonchev–Trinajstić information content (AvgIpc) is 3.06. The van der Waals surface area contributed by atoms with Crippen LogP contribution < -0.4 is 15.7 Å². The predicted octanol–water partition coefficient (Wildman–Crippen LogP) is 3.56. The number of thiazole rings is 1. The van der Waals surface area contributed by atoms with E-state index in [1.54, 1.807) is 18.2 Å². The fourth-order valence-corrected chi connectivity index (χ4v) is 4.05. The molecule has 0 atom stereocenters. The van der Waals surface area contributed by atoms with Crippen LogP contribution in [-0.2, 0) is 16.0 Å². The first-order valence-electron chi connectivity index (χ1n) is 9.32. The molecule has 0 aliphatic heterocycles. The molecule has 158 valence electrons. The largest absolute Gasteiger partial charge is 0.484 e. The number of hydrogen-bond donors (Lipinski definition) is 1. The highest BCUT2D eigenvalue weighted by atomic mass is 32.1. The third kappa shape index (κ3) is 5.04. The number of amides is 1. The van der Waals surface area contributed by atoms with E-state index >= 15 is 0 Å². The number of rotatable bonds is 7. The van der Waals surface area contributed by atoms with Gasteiger partial charge in [0.05, 0.1) is 7.11 Å². The molecule has 0 bridgehead atoms. The Labute approximate surface area is 176 Å². The molecule has 0 saturated heterocycles. The molecule has 3 aromatic rings. The van der Waals surface area contributed by atoms with E-state index in [1.807, 2.05) is 20.8 Å². The van der Waals surface area contributed by atoms with Gasteiger partial charge >= 0.3 is 11.6 Å². The lowest BCUT2D eigenvalue weighted by Gasteiger charge is -2.07. The number of carbonyl (C=O) groups is 2. The maximum Gasteiger partial charge on any atom is 0.357 e. The zero-order chi connectivity index (χ0) is 21.8. The van der Waals surface area contributed by atoms with Gasteiger partial charge < -0.3 is 13.9 Å². The van der Waals surface area contributed by atoms with Gasteiger partial charge in [-0.1, -0.05) is 13.8 Å². The van der Waals surface area contributed by atoms with E-state index in [1.165, 1.54) is 24.5 Å². The summed E-state index contributed by atoms with van der Waals surface area (Å²) in [6.45, 7) is 5.60. The van der Waals surface area contributed by atoms with Crippen molar-refractivity contribution < 1.29 is 23.5 Å². The van der Waals surface area contributed by atoms with Crippen molar-refractivity contribution in [1.29, 1.82) is 0 Å². The molecule has 3 rings (SSSR count). The Morgan fingerprint density at radius 3 is 2.73 bits per heavy atom. The lowest BCUT2D eigenvalue weighted by Crippen LogP contribution is -2.20. The molecule has 1 aromatic carbocycles. The Balaban J connectivity index is 1.68. The third-order valence-corrected chi connectivity index (χ3v) is 5.20. The first kappa shape index (κ1) is 21.5. The first-order chi connectivity index (χ1) is 14.3. The molecule has 9 heteroatoms. The molecule has 0 aliphatic carbocycles. The lowest BCUT2D eigenvalue weighted by molar-refractivity contribution is -0.118. The first-order valence-corrected chi connectivity index (χ1v) is 10.1. The maximum atomic E-state index is 12.3. The molecule has 0 radical (unpaired) electrons. The van der Waals surface area contributed by atoms with Gasteiger partial charge in [0.25, 0.3) is 5.91 Å². The number of benzene rings is 1. The number of nitrogens with one attached hydrogen (secondary N) is 1. The van der Waals surface area contributed by atoms with Crippen molar-refractivity contribution in [3.8, 4) is 5.75 Å². The summed E-state index contributed by atoms with van der Waals surface area (Å²) in [5.41, 5.74) is 0.955. The van der Waals surface area contributed by atoms with Crippen LogP contribution in [0.2, 0.25) is 0 Å². The Morgan fingerprint density at radius 1 is 1.27 bits per heavy atom. The van der Waals surface area contributed by atoms with Crippen LogP contribution >= 0.6 is 11.3 Å². The van der Waals surface area contributed by atoms with Crippen molar-refractivity contribution in [2.24, 2.45) is 5.92 Å². The van der Waals surface area contributed by atoms with Crippen LogP contribution in [0.15, 0.2) is 33.5 Å². The number of methoxy groups -OCH3 is 1. The summed E-state index contributed by atoms with van der Waals surface area (Å²) >= 11 is 1.24. The number of aromatic nitrogens is 1. The van der Waals surface area contributed by atoms with Crippen LogP contribution in [0.25, 0.3) is 11.0 Å². The highest BCUT2D eigenvalue weighted by Gasteiger charge is 2.20. The molecule has 0 aliphatic rings. The van der Waals surface area contributed by atoms with Crippen molar-refractivity contribution in [3.05, 3.63) is 50.8 Å². The number of aryl methyl sites for hydroxylation is 1. The zero-order valence-corrected chi connectivity index (χ0v) is 17.9. The van der Waals surface area contributed by atoms with Gasteiger partial charge in [-0.25, -0.2) is 14.6 Å². The number of anilines is 1. The van der Waals surface area contributed by atoms with Crippen molar-refractivity contribution >= 4 is 39.3 Å². The second kappa shape index (κ2) is 9.08. The van der Waals surface area contributed by atoms with E-state index in [-0.39, 0.29) is 12.3 Å². The van der Waals surface area contributed by atoms with Crippen molar-refractivity contribution in [3.63, 3.8) is 0 Å². The third-order valence-electron chi connectivity index (χ3n) is 4.21. The normalized spacial score (nSPS) is 11.0. The highest BCUT2D eigenvalue weighted by molar-refractivity contribution is 7.16. The Hall–Kier alpha value is -3.20. The molecule has 1 amide bonds. The van der Waals surface area contributed by atoms with E-state index in [4.69, 9.17) is 13.9 Å². The van der Waals surface area contributed by atoms with Crippen molar-refractivity contribution in [2.75, 3.05) is 19.0 Å². The second-order valence-corrected chi connectivity index (χ2v) is 8.21. The summed E-state index contributed by atoms with van der Waals surface area (Å²) in [5.74, 6) is -0.257. The van der Waals surface area contributed by atoms with E-state index < -0.39 is 17.5 Å². The SMILES string of the molecule is COC(=O)c1nc(NC(=O)COc2ccc3c(C)cc(=O)oc3c2)sc1CC(C)C. The number of nitrogens with zero attached hydrogens (tertiary/aromatic N) is 1. The Kier molecular flexibility index (Phi) is 6.51. The summed E-state index contributed by atoms with van der Waals surface area (Å²) in [6.07, 6.45) is 0.649. The fourth-order valence-electron chi connectivity index (χ4n) is 2.87. The fraction of sp³-hybridized carbons (Fsp3) is 0.333. The predicted molar refractivity (Wildman–Crippen MR) is 113 cm³/mol. The molecular weight excluding hydrogens is 408 g/mol. The molecule has 0 saturated carbocycles. The minimum absolute atomic E-state index is 0.215. The molecule has 2 heterocycles. The minimum Gasteiger partial charge on any atom is -0.484 e. The highest BCUT2D eigenvalue weighted by Crippen LogP contribution is 2.27. The van der Waals surface area contributed by atoms with Gasteiger partial charge in [0.1, 0.15) is 11.3 Å². The molecule has 30 heavy (non-hydrogen) atoms. The van der Waals surface area contributed by atoms with Gasteiger partial charge in [-0.3, -0.25) is 10.1 Å². The van der Waals surface area contributed by atoms with Crippen LogP contribution in [0.5, 0.6) is 5.75 Å². The molecule has 0 spiro atoms. The Bertz CT molecular complexity index is 1150. The maximum absolute atomic E-state index is 12.3. The standard InChI is InChI=1S/C21H22N2O6S/c1-11(2)7-16-19(20(26)27-4)23-21(30-16)22-17(24)10-28-13-5-6-14-12(3)8-18(25)29-15(14)9-13/h5-6,8-9,11H,7,10H2,1-4H3,(H,22,23,24). The van der Waals surface area contributed by atoms with Gasteiger partial charge in [0.15, 0.2) is 17.4 Å². The summed E-state index contributed by atoms with van der Waals surface area (Å²) in [5, 5.41) is 3.74. The molecule has 1 N–H and O–H groups in total. The molecule has 2 aromatic heterocycles. The van der Waals surface area contributed by atoms with Crippen LogP contribution in [0, 0.1) is 12.8 Å². The summed E-state index contributed by atoms with van der Waals surface area (Å²) in [6, 6.07) is 6.45. The van der Waals surface area contributed by atoms with Gasteiger partial charge in [-0.15, -0.1) is 11.3 Å². The molecule has 0 fully saturated rings. The van der Waals surface area contributed by atoms with Gasteiger partial charge in [0, 0.05) is 22.4 Å². The monoisotopic (exact) mass is 430 g/mol. The Morgan fingerprint density at radius 2 is 2.03 bits per heavy atom. The quantitative estimate of drug-likeness (QED) is 0.451. The van der Waals surface area contributed by atoms with Crippen LogP contribution in [0.4, 0.5) is 5.13 Å². The van der Waals surface area contributed by atoms with Gasteiger partial charge in [0.2, 0.25) is 0 Å². The minimum atomic E-state index is -0.536. The number of hydrogen-bond acceptors (Lipinski definition) is 8. The van der Waals surface area contributed by atoms with E-state index in [0.29, 0.717) is 28.8 Å². The second-order valence-electron chi connectivity index (χ2n) is 7.12. The van der Waals surface area contributed by atoms with Crippen molar-refractivity contribution in [2.45, 2.75) is 27.2 Å². The molecule has 0 unspecified atom stereocenters. The van der Waals surface area contributed by atoms with Crippen molar-refractivity contribution in [1.82, 2.24) is 4.98 Å². The van der Waals surface area contributed by atoms with E-state index in [2.05, 4.69) is 10.3 Å². The molecular formula is C21H22N2O6S. The van der Waals surface area contributed by atoms with E-state index in [0.717, 1.165) is 15.8 Å². The van der Waals surface area contributed by atoms with Gasteiger partial charge in [-0.05, 0) is 37.0 Å². The zero-order valence-electron chi connectivity index (χ0n) is 17.1. The van der Waals surface area contributed by atoms with Gasteiger partial charge in [-0.2, -0.15) is 0 Å². The number of fused-ring (bicyclic) bond motifs is 1. The smallest absolute Gasteiger partial charge is 0.357 e. The average molecular weight is 430 g/mol. The topological polar surface area (TPSA) is 108 Å².